The Labute approximate surface area is 207 Å². The molecule has 0 fully saturated rings. The van der Waals surface area contributed by atoms with E-state index in [1.807, 2.05) is 0 Å². The molecule has 34 heavy (non-hydrogen) atoms. The predicted octanol–water partition coefficient (Wildman–Crippen LogP) is 5.89. The van der Waals surface area contributed by atoms with Gasteiger partial charge in [-0.2, -0.15) is 0 Å². The van der Waals surface area contributed by atoms with Gasteiger partial charge < -0.3 is 9.84 Å². The molecule has 9 heteroatoms. The molecule has 1 aliphatic heterocycles. The Balaban J connectivity index is 1.91. The largest absolute Gasteiger partial charge is 0.502 e. The minimum atomic E-state index is -4.29. The Hall–Kier alpha value is -3.26. The molecule has 6 nitrogen and oxygen atoms in total. The normalized spacial score (nSPS) is 16.1. The maximum Gasteiger partial charge on any atom is 0.295 e. The Morgan fingerprint density at radius 2 is 1.62 bits per heavy atom. The Kier molecular flexibility index (Phi) is 6.70. The predicted molar refractivity (Wildman–Crippen MR) is 132 cm³/mol. The molecular weight excluding hydrogens is 497 g/mol. The van der Waals surface area contributed by atoms with Crippen molar-refractivity contribution >= 4 is 44.6 Å². The first-order valence-corrected chi connectivity index (χ1v) is 12.3. The summed E-state index contributed by atoms with van der Waals surface area (Å²) in [7, 11) is -4.29. The fourth-order valence-electron chi connectivity index (χ4n) is 3.70. The molecule has 1 amide bonds. The highest BCUT2D eigenvalue weighted by atomic mass is 35.5. The van der Waals surface area contributed by atoms with Crippen molar-refractivity contribution in [2.45, 2.75) is 10.9 Å². The quantitative estimate of drug-likeness (QED) is 0.396. The summed E-state index contributed by atoms with van der Waals surface area (Å²) in [4.78, 5) is 13.9. The average Bonchev–Trinajstić information content (AvgIpc) is 3.10. The molecule has 0 aliphatic carbocycles. The van der Waals surface area contributed by atoms with E-state index < -0.39 is 32.5 Å². The number of carbonyl (C=O) groups excluding carboxylic acids is 1. The molecule has 1 atom stereocenters. The zero-order chi connectivity index (χ0) is 24.5. The van der Waals surface area contributed by atoms with Gasteiger partial charge in [-0.1, -0.05) is 48.0 Å². The molecule has 174 valence electrons. The summed E-state index contributed by atoms with van der Waals surface area (Å²) in [5.41, 5.74) is 0.797. The molecular formula is C25H19Cl2NO5S. The Morgan fingerprint density at radius 3 is 2.24 bits per heavy atom. The number of aliphatic hydroxyl groups excluding tert-OH is 1. The van der Waals surface area contributed by atoms with E-state index in [4.69, 9.17) is 27.9 Å². The van der Waals surface area contributed by atoms with Crippen LogP contribution in [0.25, 0.3) is 0 Å². The van der Waals surface area contributed by atoms with Crippen molar-refractivity contribution in [1.29, 1.82) is 0 Å². The van der Waals surface area contributed by atoms with Gasteiger partial charge in [0.2, 0.25) is 9.84 Å². The van der Waals surface area contributed by atoms with E-state index in [-0.39, 0.29) is 11.5 Å². The van der Waals surface area contributed by atoms with Gasteiger partial charge in [-0.25, -0.2) is 8.42 Å². The lowest BCUT2D eigenvalue weighted by atomic mass is 10.1. The maximum atomic E-state index is 13.7. The first kappa shape index (κ1) is 23.9. The fourth-order valence-corrected chi connectivity index (χ4v) is 5.57. The van der Waals surface area contributed by atoms with Crippen molar-refractivity contribution in [2.75, 3.05) is 11.5 Å². The molecule has 4 rings (SSSR count). The van der Waals surface area contributed by atoms with Crippen LogP contribution in [0.4, 0.5) is 5.69 Å². The SMILES string of the molecule is C=CCOc1cccc([C@@H]2C(S(=O)(=O)c3ccc(Cl)cc3)=C(O)C(=O)N2c2ccc(Cl)cc2)c1. The number of hydrogen-bond acceptors (Lipinski definition) is 5. The van der Waals surface area contributed by atoms with Crippen LogP contribution in [0.15, 0.2) is 101 Å². The third-order valence-corrected chi connectivity index (χ3v) is 7.61. The van der Waals surface area contributed by atoms with E-state index in [0.717, 1.165) is 0 Å². The number of amides is 1. The summed E-state index contributed by atoms with van der Waals surface area (Å²) in [5.74, 6) is -1.25. The monoisotopic (exact) mass is 515 g/mol. The molecule has 0 saturated heterocycles. The van der Waals surface area contributed by atoms with Crippen LogP contribution in [0.1, 0.15) is 11.6 Å². The second kappa shape index (κ2) is 9.54. The van der Waals surface area contributed by atoms with Crippen LogP contribution in [0.5, 0.6) is 5.75 Å². The fraction of sp³-hybridized carbons (Fsp3) is 0.0800. The van der Waals surface area contributed by atoms with Crippen molar-refractivity contribution in [1.82, 2.24) is 0 Å². The summed E-state index contributed by atoms with van der Waals surface area (Å²) < 4.78 is 32.9. The van der Waals surface area contributed by atoms with Crippen LogP contribution >= 0.6 is 23.2 Å². The van der Waals surface area contributed by atoms with Crippen LogP contribution in [-0.4, -0.2) is 26.0 Å². The van der Waals surface area contributed by atoms with Crippen LogP contribution in [0.2, 0.25) is 10.0 Å². The zero-order valence-corrected chi connectivity index (χ0v) is 20.0. The second-order valence-electron chi connectivity index (χ2n) is 7.40. The number of anilines is 1. The standard InChI is InChI=1S/C25H19Cl2NO5S/c1-2-14-33-20-5-3-4-16(15-20)22-24(34(31,32)21-12-8-18(27)9-13-21)23(29)25(30)28(22)19-10-6-17(26)7-11-19/h2-13,15,22,29H,1,14H2/t22-/m1/s1. The maximum absolute atomic E-state index is 13.7. The molecule has 3 aromatic rings. The topological polar surface area (TPSA) is 83.9 Å². The van der Waals surface area contributed by atoms with Crippen molar-refractivity contribution in [3.05, 3.63) is 112 Å². The number of nitrogens with zero attached hydrogens (tertiary/aromatic N) is 1. The number of aliphatic hydroxyl groups is 1. The van der Waals surface area contributed by atoms with Crippen molar-refractivity contribution in [3.8, 4) is 5.75 Å². The van der Waals surface area contributed by atoms with Gasteiger partial charge in [0.15, 0.2) is 5.76 Å². The van der Waals surface area contributed by atoms with Crippen molar-refractivity contribution in [2.24, 2.45) is 0 Å². The molecule has 0 radical (unpaired) electrons. The summed E-state index contributed by atoms with van der Waals surface area (Å²) >= 11 is 11.9. The first-order valence-electron chi connectivity index (χ1n) is 10.1. The number of hydrogen-bond donors (Lipinski definition) is 1. The molecule has 1 heterocycles. The van der Waals surface area contributed by atoms with E-state index in [9.17, 15) is 18.3 Å². The summed E-state index contributed by atoms with van der Waals surface area (Å²) in [5, 5.41) is 11.6. The van der Waals surface area contributed by atoms with Crippen LogP contribution in [0, 0.1) is 0 Å². The average molecular weight is 516 g/mol. The lowest BCUT2D eigenvalue weighted by molar-refractivity contribution is -0.117. The third-order valence-electron chi connectivity index (χ3n) is 5.22. The third kappa shape index (κ3) is 4.42. The highest BCUT2D eigenvalue weighted by Crippen LogP contribution is 2.45. The molecule has 0 saturated carbocycles. The number of halogens is 2. The lowest BCUT2D eigenvalue weighted by Gasteiger charge is -2.27. The van der Waals surface area contributed by atoms with Gasteiger partial charge >= 0.3 is 0 Å². The van der Waals surface area contributed by atoms with Gasteiger partial charge in [0.05, 0.1) is 4.90 Å². The van der Waals surface area contributed by atoms with Gasteiger partial charge in [0.1, 0.15) is 23.3 Å². The minimum absolute atomic E-state index is 0.103. The van der Waals surface area contributed by atoms with Gasteiger partial charge in [0, 0.05) is 15.7 Å². The molecule has 0 spiro atoms. The number of sulfone groups is 1. The number of benzene rings is 3. The highest BCUT2D eigenvalue weighted by molar-refractivity contribution is 7.95. The van der Waals surface area contributed by atoms with Crippen LogP contribution in [-0.2, 0) is 14.6 Å². The Morgan fingerprint density at radius 1 is 1.00 bits per heavy atom. The molecule has 0 unspecified atom stereocenters. The smallest absolute Gasteiger partial charge is 0.295 e. The summed E-state index contributed by atoms with van der Waals surface area (Å²) in [6.07, 6.45) is 1.58. The van der Waals surface area contributed by atoms with Crippen molar-refractivity contribution < 1.29 is 23.1 Å². The summed E-state index contributed by atoms with van der Waals surface area (Å²) in [6, 6.07) is 17.3. The molecule has 1 aliphatic rings. The van der Waals surface area contributed by atoms with Crippen LogP contribution < -0.4 is 9.64 Å². The zero-order valence-electron chi connectivity index (χ0n) is 17.7. The van der Waals surface area contributed by atoms with E-state index in [1.54, 1.807) is 54.6 Å². The highest BCUT2D eigenvalue weighted by Gasteiger charge is 2.47. The van der Waals surface area contributed by atoms with E-state index in [1.165, 1.54) is 29.2 Å². The van der Waals surface area contributed by atoms with Crippen LogP contribution in [0.3, 0.4) is 0 Å². The molecule has 1 N–H and O–H groups in total. The second-order valence-corrected chi connectivity index (χ2v) is 10.2. The van der Waals surface area contributed by atoms with Crippen molar-refractivity contribution in [3.63, 3.8) is 0 Å². The molecule has 0 bridgehead atoms. The summed E-state index contributed by atoms with van der Waals surface area (Å²) in [6.45, 7) is 3.86. The van der Waals surface area contributed by atoms with E-state index in [2.05, 4.69) is 6.58 Å². The number of rotatable bonds is 7. The molecule has 3 aromatic carbocycles. The minimum Gasteiger partial charge on any atom is -0.502 e. The number of ether oxygens (including phenoxy) is 1. The number of carbonyl (C=O) groups is 1. The van der Waals surface area contributed by atoms with E-state index >= 15 is 0 Å². The van der Waals surface area contributed by atoms with E-state index in [0.29, 0.717) is 27.0 Å². The lowest BCUT2D eigenvalue weighted by Crippen LogP contribution is -2.31. The first-order chi connectivity index (χ1) is 16.2. The van der Waals surface area contributed by atoms with Gasteiger partial charge in [0.25, 0.3) is 5.91 Å². The molecule has 0 aromatic heterocycles. The van der Waals surface area contributed by atoms with Gasteiger partial charge in [-0.3, -0.25) is 9.69 Å². The van der Waals surface area contributed by atoms with Gasteiger partial charge in [-0.15, -0.1) is 0 Å². The van der Waals surface area contributed by atoms with Gasteiger partial charge in [-0.05, 0) is 66.2 Å². The Bertz CT molecular complexity index is 1380.